The molecule has 1 aromatic carbocycles. The molecule has 5 heteroatoms. The van der Waals surface area contributed by atoms with E-state index in [0.29, 0.717) is 6.54 Å². The molecule has 2 saturated heterocycles. The first-order chi connectivity index (χ1) is 11.4. The predicted molar refractivity (Wildman–Crippen MR) is 91.2 cm³/mol. The van der Waals surface area contributed by atoms with E-state index in [1.165, 1.54) is 11.1 Å². The van der Waals surface area contributed by atoms with Gasteiger partial charge in [0.15, 0.2) is 0 Å². The smallest absolute Gasteiger partial charge is 0.407 e. The minimum absolute atomic E-state index is 0.0880. The van der Waals surface area contributed by atoms with Crippen LogP contribution in [0, 0.1) is 0 Å². The lowest BCUT2D eigenvalue weighted by atomic mass is 9.95. The molecule has 130 valence electrons. The molecule has 1 unspecified atom stereocenters. The second kappa shape index (κ2) is 5.66. The standard InChI is InChI=1S/C19H26N2O3/c1-18(2)11-15-10-14(4-5-16(15)23-18)12-21-8-3-6-19(7-9-21)13-20-17(22)24-19/h4-5,10H,3,6-9,11-13H2,1-2H3,(H,20,22). The third kappa shape index (κ3) is 3.09. The highest BCUT2D eigenvalue weighted by Crippen LogP contribution is 2.36. The van der Waals surface area contributed by atoms with Crippen LogP contribution in [0.15, 0.2) is 18.2 Å². The van der Waals surface area contributed by atoms with E-state index in [0.717, 1.165) is 51.1 Å². The van der Waals surface area contributed by atoms with Gasteiger partial charge < -0.3 is 14.8 Å². The Morgan fingerprint density at radius 2 is 2.08 bits per heavy atom. The van der Waals surface area contributed by atoms with E-state index in [1.54, 1.807) is 0 Å². The van der Waals surface area contributed by atoms with Crippen LogP contribution >= 0.6 is 0 Å². The maximum atomic E-state index is 11.4. The molecule has 1 atom stereocenters. The lowest BCUT2D eigenvalue weighted by Crippen LogP contribution is -2.34. The summed E-state index contributed by atoms with van der Waals surface area (Å²) in [6.07, 6.45) is 3.64. The Balaban J connectivity index is 1.41. The number of benzene rings is 1. The predicted octanol–water partition coefficient (Wildman–Crippen LogP) is 2.86. The molecule has 3 aliphatic rings. The fourth-order valence-electron chi connectivity index (χ4n) is 4.18. The van der Waals surface area contributed by atoms with Crippen LogP contribution < -0.4 is 10.1 Å². The van der Waals surface area contributed by atoms with Gasteiger partial charge in [0.05, 0.1) is 6.54 Å². The molecule has 1 amide bonds. The zero-order valence-electron chi connectivity index (χ0n) is 14.6. The van der Waals surface area contributed by atoms with Gasteiger partial charge in [-0.3, -0.25) is 4.90 Å². The summed E-state index contributed by atoms with van der Waals surface area (Å²) in [6.45, 7) is 7.90. The van der Waals surface area contributed by atoms with Gasteiger partial charge in [-0.1, -0.05) is 12.1 Å². The summed E-state index contributed by atoms with van der Waals surface area (Å²) < 4.78 is 11.5. The van der Waals surface area contributed by atoms with Gasteiger partial charge in [-0.05, 0) is 50.4 Å². The molecule has 3 heterocycles. The zero-order valence-corrected chi connectivity index (χ0v) is 14.6. The van der Waals surface area contributed by atoms with Crippen molar-refractivity contribution in [3.8, 4) is 5.75 Å². The SMILES string of the molecule is CC1(C)Cc2cc(CN3CCCC4(CC3)CNC(=O)O4)ccc2O1. The van der Waals surface area contributed by atoms with E-state index < -0.39 is 0 Å². The first kappa shape index (κ1) is 15.8. The number of fused-ring (bicyclic) bond motifs is 1. The van der Waals surface area contributed by atoms with Crippen molar-refractivity contribution in [3.63, 3.8) is 0 Å². The molecule has 2 fully saturated rings. The lowest BCUT2D eigenvalue weighted by Gasteiger charge is -2.25. The highest BCUT2D eigenvalue weighted by molar-refractivity contribution is 5.70. The van der Waals surface area contributed by atoms with Crippen molar-refractivity contribution in [2.45, 2.75) is 57.3 Å². The highest BCUT2D eigenvalue weighted by Gasteiger charge is 2.41. The summed E-state index contributed by atoms with van der Waals surface area (Å²) in [5.41, 5.74) is 2.29. The van der Waals surface area contributed by atoms with E-state index in [2.05, 4.69) is 42.3 Å². The first-order valence-corrected chi connectivity index (χ1v) is 8.93. The van der Waals surface area contributed by atoms with Gasteiger partial charge in [-0.25, -0.2) is 4.79 Å². The lowest BCUT2D eigenvalue weighted by molar-refractivity contribution is 0.0443. The van der Waals surface area contributed by atoms with Crippen LogP contribution in [0.3, 0.4) is 0 Å². The number of carbonyl (C=O) groups is 1. The molecule has 0 aromatic heterocycles. The Morgan fingerprint density at radius 3 is 2.88 bits per heavy atom. The molecule has 0 radical (unpaired) electrons. The van der Waals surface area contributed by atoms with Gasteiger partial charge >= 0.3 is 6.09 Å². The van der Waals surface area contributed by atoms with E-state index in [-0.39, 0.29) is 17.3 Å². The number of rotatable bonds is 2. The maximum absolute atomic E-state index is 11.4. The molecule has 3 aliphatic heterocycles. The van der Waals surface area contributed by atoms with Crippen molar-refractivity contribution < 1.29 is 14.3 Å². The number of amides is 1. The Kier molecular flexibility index (Phi) is 3.71. The Bertz CT molecular complexity index is 658. The van der Waals surface area contributed by atoms with Crippen LogP contribution in [0.2, 0.25) is 0 Å². The molecule has 0 aliphatic carbocycles. The maximum Gasteiger partial charge on any atom is 0.407 e. The second-order valence-corrected chi connectivity index (χ2v) is 8.04. The van der Waals surface area contributed by atoms with Crippen LogP contribution in [0.25, 0.3) is 0 Å². The van der Waals surface area contributed by atoms with E-state index >= 15 is 0 Å². The summed E-state index contributed by atoms with van der Waals surface area (Å²) in [7, 11) is 0. The quantitative estimate of drug-likeness (QED) is 0.906. The van der Waals surface area contributed by atoms with E-state index in [4.69, 9.17) is 9.47 Å². The molecule has 0 bridgehead atoms. The Hall–Kier alpha value is -1.75. The summed E-state index contributed by atoms with van der Waals surface area (Å²) in [4.78, 5) is 13.9. The van der Waals surface area contributed by atoms with E-state index in [9.17, 15) is 4.79 Å². The second-order valence-electron chi connectivity index (χ2n) is 8.04. The molecule has 0 saturated carbocycles. The summed E-state index contributed by atoms with van der Waals surface area (Å²) in [6, 6.07) is 6.58. The van der Waals surface area contributed by atoms with Crippen LogP contribution in [-0.2, 0) is 17.7 Å². The largest absolute Gasteiger partial charge is 0.487 e. The number of nitrogens with zero attached hydrogens (tertiary/aromatic N) is 1. The van der Waals surface area contributed by atoms with Crippen molar-refractivity contribution >= 4 is 6.09 Å². The number of hydrogen-bond donors (Lipinski definition) is 1. The van der Waals surface area contributed by atoms with Crippen molar-refractivity contribution in [3.05, 3.63) is 29.3 Å². The zero-order chi connectivity index (χ0) is 16.8. The molecule has 1 aromatic rings. The fraction of sp³-hybridized carbons (Fsp3) is 0.632. The Morgan fingerprint density at radius 1 is 1.21 bits per heavy atom. The van der Waals surface area contributed by atoms with Crippen LogP contribution in [0.1, 0.15) is 44.2 Å². The van der Waals surface area contributed by atoms with Gasteiger partial charge in [-0.15, -0.1) is 0 Å². The molecular weight excluding hydrogens is 304 g/mol. The van der Waals surface area contributed by atoms with Gasteiger partial charge in [0.1, 0.15) is 17.0 Å². The van der Waals surface area contributed by atoms with Crippen LogP contribution in [0.4, 0.5) is 4.79 Å². The van der Waals surface area contributed by atoms with Crippen molar-refractivity contribution in [2.24, 2.45) is 0 Å². The number of hydrogen-bond acceptors (Lipinski definition) is 4. The molecule has 24 heavy (non-hydrogen) atoms. The minimum atomic E-state index is -0.276. The normalized spacial score (nSPS) is 28.8. The van der Waals surface area contributed by atoms with Gasteiger partial charge in [0.25, 0.3) is 0 Å². The average molecular weight is 330 g/mol. The van der Waals surface area contributed by atoms with Crippen LogP contribution in [0.5, 0.6) is 5.75 Å². The molecule has 1 spiro atoms. The van der Waals surface area contributed by atoms with E-state index in [1.807, 2.05) is 0 Å². The van der Waals surface area contributed by atoms with Crippen molar-refractivity contribution in [2.75, 3.05) is 19.6 Å². The molecule has 1 N–H and O–H groups in total. The van der Waals surface area contributed by atoms with Gasteiger partial charge in [0, 0.05) is 25.9 Å². The minimum Gasteiger partial charge on any atom is -0.487 e. The third-order valence-corrected chi connectivity index (χ3v) is 5.39. The van der Waals surface area contributed by atoms with Crippen molar-refractivity contribution in [1.29, 1.82) is 0 Å². The molecule has 5 nitrogen and oxygen atoms in total. The topological polar surface area (TPSA) is 50.8 Å². The average Bonchev–Trinajstić information content (AvgIpc) is 2.95. The number of likely N-dealkylation sites (tertiary alicyclic amines) is 1. The summed E-state index contributed by atoms with van der Waals surface area (Å²) >= 11 is 0. The fourth-order valence-corrected chi connectivity index (χ4v) is 4.18. The number of alkyl carbamates (subject to hydrolysis) is 1. The monoisotopic (exact) mass is 330 g/mol. The van der Waals surface area contributed by atoms with Gasteiger partial charge in [0.2, 0.25) is 0 Å². The van der Waals surface area contributed by atoms with Gasteiger partial charge in [-0.2, -0.15) is 0 Å². The Labute approximate surface area is 143 Å². The number of ether oxygens (including phenoxy) is 2. The number of carbonyl (C=O) groups excluding carboxylic acids is 1. The van der Waals surface area contributed by atoms with Crippen LogP contribution in [-0.4, -0.2) is 41.8 Å². The highest BCUT2D eigenvalue weighted by atomic mass is 16.6. The number of nitrogens with one attached hydrogen (secondary N) is 1. The summed E-state index contributed by atoms with van der Waals surface area (Å²) in [5.74, 6) is 1.03. The first-order valence-electron chi connectivity index (χ1n) is 8.93. The van der Waals surface area contributed by atoms with Crippen molar-refractivity contribution in [1.82, 2.24) is 10.2 Å². The third-order valence-electron chi connectivity index (χ3n) is 5.39. The summed E-state index contributed by atoms with van der Waals surface area (Å²) in [5, 5.41) is 2.81. The molecular formula is C19H26N2O3. The molecule has 4 rings (SSSR count).